The van der Waals surface area contributed by atoms with E-state index in [9.17, 15) is 8.42 Å². The molecule has 19 heavy (non-hydrogen) atoms. The van der Waals surface area contributed by atoms with Gasteiger partial charge in [0.1, 0.15) is 0 Å². The van der Waals surface area contributed by atoms with Crippen LogP contribution in [-0.2, 0) is 10.0 Å². The highest BCUT2D eigenvalue weighted by Gasteiger charge is 2.26. The highest BCUT2D eigenvalue weighted by Crippen LogP contribution is 2.31. The molecule has 3 N–H and O–H groups in total. The van der Waals surface area contributed by atoms with Crippen LogP contribution in [0.5, 0.6) is 0 Å². The molecule has 0 saturated heterocycles. The molecule has 0 radical (unpaired) electrons. The molecule has 1 aliphatic rings. The second-order valence-corrected chi connectivity index (χ2v) is 7.15. The fourth-order valence-electron chi connectivity index (χ4n) is 2.76. The number of benzene rings is 1. The van der Waals surface area contributed by atoms with Gasteiger partial charge in [-0.25, -0.2) is 13.6 Å². The van der Waals surface area contributed by atoms with Gasteiger partial charge in [-0.15, -0.1) is 0 Å². The minimum Gasteiger partial charge on any atom is -0.382 e. The Morgan fingerprint density at radius 1 is 1.26 bits per heavy atom. The fourth-order valence-corrected chi connectivity index (χ4v) is 3.32. The van der Waals surface area contributed by atoms with Crippen LogP contribution in [0.2, 0.25) is 0 Å². The molecule has 1 aromatic carbocycles. The van der Waals surface area contributed by atoms with Crippen LogP contribution in [0.15, 0.2) is 29.2 Å². The maximum Gasteiger partial charge on any atom is 0.238 e. The predicted octanol–water partition coefficient (Wildman–Crippen LogP) is 2.57. The van der Waals surface area contributed by atoms with E-state index in [-0.39, 0.29) is 4.90 Å². The zero-order chi connectivity index (χ0) is 14.0. The molecule has 0 amide bonds. The summed E-state index contributed by atoms with van der Waals surface area (Å²) in [5, 5.41) is 8.61. The molecule has 0 heterocycles. The molecule has 0 bridgehead atoms. The van der Waals surface area contributed by atoms with E-state index in [0.717, 1.165) is 12.1 Å². The van der Waals surface area contributed by atoms with E-state index in [1.165, 1.54) is 18.9 Å². The van der Waals surface area contributed by atoms with Gasteiger partial charge in [-0.05, 0) is 36.5 Å². The van der Waals surface area contributed by atoms with Crippen LogP contribution >= 0.6 is 0 Å². The second-order valence-electron chi connectivity index (χ2n) is 5.59. The van der Waals surface area contributed by atoms with Crippen molar-refractivity contribution >= 4 is 15.7 Å². The van der Waals surface area contributed by atoms with Crippen molar-refractivity contribution < 1.29 is 8.42 Å². The average Bonchev–Trinajstić information content (AvgIpc) is 2.34. The molecular formula is C14H22N2O2S. The van der Waals surface area contributed by atoms with Crippen LogP contribution in [0.1, 0.15) is 33.1 Å². The minimum atomic E-state index is -3.63. The predicted molar refractivity (Wildman–Crippen MR) is 77.4 cm³/mol. The summed E-state index contributed by atoms with van der Waals surface area (Å²) in [5.41, 5.74) is 0.831. The first-order valence-corrected chi connectivity index (χ1v) is 8.32. The summed E-state index contributed by atoms with van der Waals surface area (Å²) < 4.78 is 22.7. The summed E-state index contributed by atoms with van der Waals surface area (Å²) in [6, 6.07) is 7.15. The van der Waals surface area contributed by atoms with Crippen molar-refractivity contribution in [2.45, 2.75) is 44.0 Å². The van der Waals surface area contributed by atoms with Crippen molar-refractivity contribution in [3.63, 3.8) is 0 Å². The van der Waals surface area contributed by atoms with E-state index in [0.29, 0.717) is 17.9 Å². The average molecular weight is 282 g/mol. The molecular weight excluding hydrogens is 260 g/mol. The SMILES string of the molecule is CC1CCCC(Nc2cccc(S(N)(=O)=O)c2)C1C. The summed E-state index contributed by atoms with van der Waals surface area (Å²) in [6.07, 6.45) is 3.62. The molecule has 0 aromatic heterocycles. The van der Waals surface area contributed by atoms with E-state index in [2.05, 4.69) is 19.2 Å². The summed E-state index contributed by atoms with van der Waals surface area (Å²) in [7, 11) is -3.63. The topological polar surface area (TPSA) is 72.2 Å². The minimum absolute atomic E-state index is 0.161. The van der Waals surface area contributed by atoms with Crippen LogP contribution in [0, 0.1) is 11.8 Å². The fraction of sp³-hybridized carbons (Fsp3) is 0.571. The zero-order valence-electron chi connectivity index (χ0n) is 11.5. The molecule has 2 rings (SSSR count). The quantitative estimate of drug-likeness (QED) is 0.895. The lowest BCUT2D eigenvalue weighted by Crippen LogP contribution is -2.35. The summed E-state index contributed by atoms with van der Waals surface area (Å²) in [5.74, 6) is 1.29. The number of hydrogen-bond donors (Lipinski definition) is 2. The maximum absolute atomic E-state index is 11.3. The third-order valence-electron chi connectivity index (χ3n) is 4.22. The van der Waals surface area contributed by atoms with Gasteiger partial charge in [-0.1, -0.05) is 32.8 Å². The van der Waals surface area contributed by atoms with Gasteiger partial charge in [-0.3, -0.25) is 0 Å². The lowest BCUT2D eigenvalue weighted by Gasteiger charge is -2.35. The molecule has 5 heteroatoms. The van der Waals surface area contributed by atoms with Crippen molar-refractivity contribution in [1.29, 1.82) is 0 Å². The summed E-state index contributed by atoms with van der Waals surface area (Å²) in [4.78, 5) is 0.161. The normalized spacial score (nSPS) is 28.1. The molecule has 106 valence electrons. The van der Waals surface area contributed by atoms with Crippen molar-refractivity contribution in [2.24, 2.45) is 17.0 Å². The molecule has 4 nitrogen and oxygen atoms in total. The lowest BCUT2D eigenvalue weighted by atomic mass is 9.78. The van der Waals surface area contributed by atoms with Crippen LogP contribution < -0.4 is 10.5 Å². The van der Waals surface area contributed by atoms with E-state index < -0.39 is 10.0 Å². The molecule has 3 atom stereocenters. The van der Waals surface area contributed by atoms with Gasteiger partial charge in [0.25, 0.3) is 0 Å². The van der Waals surface area contributed by atoms with Crippen molar-refractivity contribution in [2.75, 3.05) is 5.32 Å². The maximum atomic E-state index is 11.3. The Balaban J connectivity index is 2.15. The smallest absolute Gasteiger partial charge is 0.238 e. The first-order chi connectivity index (χ1) is 8.88. The highest BCUT2D eigenvalue weighted by molar-refractivity contribution is 7.89. The van der Waals surface area contributed by atoms with Crippen LogP contribution in [0.4, 0.5) is 5.69 Å². The van der Waals surface area contributed by atoms with Gasteiger partial charge in [0.05, 0.1) is 4.90 Å². The van der Waals surface area contributed by atoms with Gasteiger partial charge in [0, 0.05) is 11.7 Å². The standard InChI is InChI=1S/C14H22N2O2S/c1-10-5-3-8-14(11(10)2)16-12-6-4-7-13(9-12)19(15,17)18/h4,6-7,9-11,14,16H,3,5,8H2,1-2H3,(H2,15,17,18). The highest BCUT2D eigenvalue weighted by atomic mass is 32.2. The lowest BCUT2D eigenvalue weighted by molar-refractivity contribution is 0.253. The van der Waals surface area contributed by atoms with E-state index in [4.69, 9.17) is 5.14 Å². The third-order valence-corrected chi connectivity index (χ3v) is 5.13. The molecule has 0 spiro atoms. The Labute approximate surface area is 115 Å². The van der Waals surface area contributed by atoms with Crippen LogP contribution in [0.25, 0.3) is 0 Å². The van der Waals surface area contributed by atoms with Crippen molar-refractivity contribution in [3.05, 3.63) is 24.3 Å². The van der Waals surface area contributed by atoms with Crippen molar-refractivity contribution in [1.82, 2.24) is 0 Å². The number of sulfonamides is 1. The number of nitrogens with one attached hydrogen (secondary N) is 1. The van der Waals surface area contributed by atoms with Crippen molar-refractivity contribution in [3.8, 4) is 0 Å². The first-order valence-electron chi connectivity index (χ1n) is 6.77. The monoisotopic (exact) mass is 282 g/mol. The first kappa shape index (κ1) is 14.3. The summed E-state index contributed by atoms with van der Waals surface area (Å²) >= 11 is 0. The van der Waals surface area contributed by atoms with Crippen LogP contribution in [0.3, 0.4) is 0 Å². The number of hydrogen-bond acceptors (Lipinski definition) is 3. The number of nitrogens with two attached hydrogens (primary N) is 1. The molecule has 1 saturated carbocycles. The Morgan fingerprint density at radius 2 is 2.00 bits per heavy atom. The van der Waals surface area contributed by atoms with E-state index >= 15 is 0 Å². The third kappa shape index (κ3) is 3.48. The summed E-state index contributed by atoms with van der Waals surface area (Å²) in [6.45, 7) is 4.53. The Hall–Kier alpha value is -1.07. The largest absolute Gasteiger partial charge is 0.382 e. The Bertz CT molecular complexity index is 542. The second kappa shape index (κ2) is 5.51. The Morgan fingerprint density at radius 3 is 2.68 bits per heavy atom. The van der Waals surface area contributed by atoms with Gasteiger partial charge < -0.3 is 5.32 Å². The molecule has 0 aliphatic heterocycles. The zero-order valence-corrected chi connectivity index (χ0v) is 12.3. The van der Waals surface area contributed by atoms with Crippen LogP contribution in [-0.4, -0.2) is 14.5 Å². The van der Waals surface area contributed by atoms with Gasteiger partial charge in [0.2, 0.25) is 10.0 Å². The number of rotatable bonds is 3. The number of anilines is 1. The molecule has 1 aromatic rings. The molecule has 1 fully saturated rings. The van der Waals surface area contributed by atoms with E-state index in [1.807, 2.05) is 6.07 Å². The molecule has 3 unspecified atom stereocenters. The van der Waals surface area contributed by atoms with E-state index in [1.54, 1.807) is 12.1 Å². The number of primary sulfonamides is 1. The van der Waals surface area contributed by atoms with Gasteiger partial charge in [-0.2, -0.15) is 0 Å². The molecule has 1 aliphatic carbocycles. The Kier molecular flexibility index (Phi) is 4.16. The van der Waals surface area contributed by atoms with Gasteiger partial charge >= 0.3 is 0 Å². The van der Waals surface area contributed by atoms with Gasteiger partial charge in [0.15, 0.2) is 0 Å².